The summed E-state index contributed by atoms with van der Waals surface area (Å²) in [6.07, 6.45) is 1.69. The summed E-state index contributed by atoms with van der Waals surface area (Å²) < 4.78 is 22.0. The van der Waals surface area contributed by atoms with E-state index in [1.807, 2.05) is 0 Å². The molecule has 4 rings (SSSR count). The summed E-state index contributed by atoms with van der Waals surface area (Å²) in [7, 11) is 0. The van der Waals surface area contributed by atoms with Gasteiger partial charge in [0.15, 0.2) is 11.2 Å². The Balaban J connectivity index is 2.01. The van der Waals surface area contributed by atoms with Crippen molar-refractivity contribution < 1.29 is 8.81 Å². The van der Waals surface area contributed by atoms with Crippen LogP contribution in [0.15, 0.2) is 16.5 Å². The van der Waals surface area contributed by atoms with Crippen LogP contribution in [0.1, 0.15) is 39.7 Å². The Morgan fingerprint density at radius 1 is 1.14 bits per heavy atom. The molecule has 0 unspecified atom stereocenters. The van der Waals surface area contributed by atoms with E-state index < -0.39 is 5.82 Å². The average Bonchev–Trinajstić information content (AvgIpc) is 3.18. The Bertz CT molecular complexity index is 1210. The number of fused-ring (bicyclic) bond motifs is 2. The number of oxazole rings is 1. The van der Waals surface area contributed by atoms with Gasteiger partial charge in [0, 0.05) is 11.6 Å². The average molecular weight is 398 g/mol. The van der Waals surface area contributed by atoms with Crippen molar-refractivity contribution in [2.45, 2.75) is 39.7 Å². The van der Waals surface area contributed by atoms with E-state index in [0.717, 1.165) is 12.8 Å². The molecular formula is C19H23FN8O. The molecule has 3 aromatic heterocycles. The maximum atomic E-state index is 15.0. The van der Waals surface area contributed by atoms with E-state index >= 15 is 0 Å². The molecule has 3 heterocycles. The molecule has 6 N–H and O–H groups in total. The Kier molecular flexibility index (Phi) is 4.48. The van der Waals surface area contributed by atoms with Crippen LogP contribution in [0, 0.1) is 11.7 Å². The molecule has 0 saturated carbocycles. The van der Waals surface area contributed by atoms with Crippen LogP contribution in [0.2, 0.25) is 0 Å². The smallest absolute Gasteiger partial charge is 0.292 e. The Morgan fingerprint density at radius 3 is 2.59 bits per heavy atom. The number of nitrogen functional groups attached to an aromatic ring is 3. The molecule has 9 nitrogen and oxygen atoms in total. The number of rotatable bonds is 5. The summed E-state index contributed by atoms with van der Waals surface area (Å²) in [5.41, 5.74) is 19.3. The van der Waals surface area contributed by atoms with Gasteiger partial charge in [0.25, 0.3) is 6.01 Å². The van der Waals surface area contributed by atoms with Gasteiger partial charge in [-0.1, -0.05) is 20.8 Å². The number of aromatic nitrogens is 5. The summed E-state index contributed by atoms with van der Waals surface area (Å²) in [5.74, 6) is 0.0910. The zero-order valence-electron chi connectivity index (χ0n) is 16.5. The predicted molar refractivity (Wildman–Crippen MR) is 110 cm³/mol. The Labute approximate surface area is 166 Å². The molecule has 0 saturated heterocycles. The second kappa shape index (κ2) is 6.87. The van der Waals surface area contributed by atoms with E-state index in [4.69, 9.17) is 26.7 Å². The standard InChI is InChI=1S/C19H23FN8O/c1-4-9(5-8(2)3)28-17-14(16(21)25-18(22)26-17)15(27-28)10-6-12-13(7-11(10)20)29-19(23)24-12/h6-9H,4-5H2,1-3H3,(H2,23,24)(H4,21,22,25,26)/t9-/m0/s1. The van der Waals surface area contributed by atoms with E-state index in [1.165, 1.54) is 12.1 Å². The fraction of sp³-hybridized carbons (Fsp3) is 0.368. The first-order chi connectivity index (χ1) is 13.8. The Hall–Kier alpha value is -3.43. The van der Waals surface area contributed by atoms with E-state index in [9.17, 15) is 4.39 Å². The van der Waals surface area contributed by atoms with Crippen LogP contribution in [-0.4, -0.2) is 24.7 Å². The van der Waals surface area contributed by atoms with Crippen molar-refractivity contribution in [2.75, 3.05) is 17.2 Å². The van der Waals surface area contributed by atoms with Gasteiger partial charge in [-0.25, -0.2) is 9.07 Å². The highest BCUT2D eigenvalue weighted by molar-refractivity contribution is 6.00. The second-order valence-electron chi connectivity index (χ2n) is 7.50. The van der Waals surface area contributed by atoms with Gasteiger partial charge in [-0.3, -0.25) is 0 Å². The molecule has 152 valence electrons. The minimum absolute atomic E-state index is 0.0365. The van der Waals surface area contributed by atoms with Crippen LogP contribution in [0.25, 0.3) is 33.4 Å². The number of benzene rings is 1. The van der Waals surface area contributed by atoms with Crippen molar-refractivity contribution in [1.82, 2.24) is 24.7 Å². The highest BCUT2D eigenvalue weighted by Gasteiger charge is 2.25. The van der Waals surface area contributed by atoms with Gasteiger partial charge in [0.05, 0.1) is 11.4 Å². The van der Waals surface area contributed by atoms with Crippen molar-refractivity contribution in [3.8, 4) is 11.3 Å². The monoisotopic (exact) mass is 398 g/mol. The lowest BCUT2D eigenvalue weighted by Crippen LogP contribution is -2.13. The molecule has 0 amide bonds. The zero-order chi connectivity index (χ0) is 20.9. The number of halogens is 1. The van der Waals surface area contributed by atoms with Crippen molar-refractivity contribution >= 4 is 39.9 Å². The highest BCUT2D eigenvalue weighted by Crippen LogP contribution is 2.37. The predicted octanol–water partition coefficient (Wildman–Crippen LogP) is 3.52. The molecule has 1 aromatic carbocycles. The van der Waals surface area contributed by atoms with Crippen molar-refractivity contribution in [3.05, 3.63) is 17.9 Å². The quantitative estimate of drug-likeness (QED) is 0.462. The molecule has 0 bridgehead atoms. The van der Waals surface area contributed by atoms with E-state index in [1.54, 1.807) is 4.68 Å². The third-order valence-corrected chi connectivity index (χ3v) is 4.91. The van der Waals surface area contributed by atoms with Crippen LogP contribution in [0.4, 0.5) is 22.2 Å². The minimum atomic E-state index is -0.534. The van der Waals surface area contributed by atoms with Gasteiger partial charge in [-0.05, 0) is 24.8 Å². The maximum Gasteiger partial charge on any atom is 0.292 e. The molecule has 0 aliphatic heterocycles. The number of hydrogen-bond donors (Lipinski definition) is 3. The molecule has 0 radical (unpaired) electrons. The summed E-state index contributed by atoms with van der Waals surface area (Å²) in [4.78, 5) is 12.5. The van der Waals surface area contributed by atoms with Gasteiger partial charge < -0.3 is 21.6 Å². The SMILES string of the molecule is CC[C@@H](CC(C)C)n1nc(-c2cc3nc(N)oc3cc2F)c2c(N)nc(N)nc21. The van der Waals surface area contributed by atoms with Gasteiger partial charge in [0.1, 0.15) is 22.8 Å². The number of hydrogen-bond acceptors (Lipinski definition) is 8. The van der Waals surface area contributed by atoms with Gasteiger partial charge in [-0.2, -0.15) is 20.1 Å². The summed E-state index contributed by atoms with van der Waals surface area (Å²) >= 11 is 0. The number of nitrogens with two attached hydrogens (primary N) is 3. The molecule has 1 atom stereocenters. The molecule has 4 aromatic rings. The number of anilines is 3. The molecule has 0 spiro atoms. The van der Waals surface area contributed by atoms with Crippen LogP contribution < -0.4 is 17.2 Å². The maximum absolute atomic E-state index is 15.0. The third kappa shape index (κ3) is 3.20. The molecule has 0 fully saturated rings. The first-order valence-corrected chi connectivity index (χ1v) is 9.45. The third-order valence-electron chi connectivity index (χ3n) is 4.91. The van der Waals surface area contributed by atoms with Gasteiger partial charge in [0.2, 0.25) is 5.95 Å². The first kappa shape index (κ1) is 18.9. The minimum Gasteiger partial charge on any atom is -0.424 e. The Morgan fingerprint density at radius 2 is 1.90 bits per heavy atom. The van der Waals surface area contributed by atoms with E-state index in [-0.39, 0.29) is 35.0 Å². The fourth-order valence-corrected chi connectivity index (χ4v) is 3.66. The highest BCUT2D eigenvalue weighted by atomic mass is 19.1. The first-order valence-electron chi connectivity index (χ1n) is 9.45. The fourth-order valence-electron chi connectivity index (χ4n) is 3.66. The van der Waals surface area contributed by atoms with Crippen LogP contribution in [0.3, 0.4) is 0 Å². The normalized spacial score (nSPS) is 13.0. The van der Waals surface area contributed by atoms with Crippen LogP contribution in [-0.2, 0) is 0 Å². The lowest BCUT2D eigenvalue weighted by molar-refractivity contribution is 0.370. The number of nitrogens with zero attached hydrogens (tertiary/aromatic N) is 5. The van der Waals surface area contributed by atoms with E-state index in [0.29, 0.717) is 28.2 Å². The second-order valence-corrected chi connectivity index (χ2v) is 7.50. The van der Waals surface area contributed by atoms with Crippen molar-refractivity contribution in [3.63, 3.8) is 0 Å². The molecule has 0 aliphatic carbocycles. The van der Waals surface area contributed by atoms with Crippen LogP contribution in [0.5, 0.6) is 0 Å². The van der Waals surface area contributed by atoms with Gasteiger partial charge in [-0.15, -0.1) is 0 Å². The lowest BCUT2D eigenvalue weighted by Gasteiger charge is -2.18. The summed E-state index contributed by atoms with van der Waals surface area (Å²) in [6.45, 7) is 6.34. The topological polar surface area (TPSA) is 148 Å². The summed E-state index contributed by atoms with van der Waals surface area (Å²) in [6, 6.07) is 2.79. The lowest BCUT2D eigenvalue weighted by atomic mass is 10.0. The van der Waals surface area contributed by atoms with Crippen molar-refractivity contribution in [2.24, 2.45) is 5.92 Å². The van der Waals surface area contributed by atoms with E-state index in [2.05, 4.69) is 35.7 Å². The van der Waals surface area contributed by atoms with Crippen molar-refractivity contribution in [1.29, 1.82) is 0 Å². The van der Waals surface area contributed by atoms with Gasteiger partial charge >= 0.3 is 0 Å². The van der Waals surface area contributed by atoms with Crippen LogP contribution >= 0.6 is 0 Å². The zero-order valence-corrected chi connectivity index (χ0v) is 16.5. The molecular weight excluding hydrogens is 375 g/mol. The largest absolute Gasteiger partial charge is 0.424 e. The molecule has 29 heavy (non-hydrogen) atoms. The molecule has 0 aliphatic rings. The molecule has 10 heteroatoms. The summed E-state index contributed by atoms with van der Waals surface area (Å²) in [5, 5.41) is 5.16.